The maximum absolute atomic E-state index is 12.4. The topological polar surface area (TPSA) is 97.4 Å². The highest BCUT2D eigenvalue weighted by atomic mass is 32.2. The summed E-state index contributed by atoms with van der Waals surface area (Å²) in [5, 5.41) is 6.12. The molecule has 8 heteroatoms. The van der Waals surface area contributed by atoms with Crippen LogP contribution in [0, 0.1) is 6.92 Å². The Morgan fingerprint density at radius 2 is 2.18 bits per heavy atom. The van der Waals surface area contributed by atoms with E-state index in [0.717, 1.165) is 29.5 Å². The van der Waals surface area contributed by atoms with Gasteiger partial charge in [0.2, 0.25) is 5.91 Å². The maximum Gasteiger partial charge on any atom is 0.287 e. The van der Waals surface area contributed by atoms with Crippen molar-refractivity contribution in [2.75, 3.05) is 6.54 Å². The Balaban J connectivity index is 1.37. The van der Waals surface area contributed by atoms with Crippen LogP contribution in [-0.2, 0) is 10.5 Å². The molecule has 1 aromatic carbocycles. The summed E-state index contributed by atoms with van der Waals surface area (Å²) in [4.78, 5) is 28.9. The Labute approximate surface area is 166 Å². The summed E-state index contributed by atoms with van der Waals surface area (Å²) in [6.07, 6.45) is 2.46. The molecule has 0 bridgehead atoms. The van der Waals surface area contributed by atoms with E-state index in [-0.39, 0.29) is 17.6 Å². The van der Waals surface area contributed by atoms with Crippen molar-refractivity contribution < 1.29 is 18.4 Å². The molecular weight excluding hydrogens is 378 g/mol. The minimum Gasteiger partial charge on any atom is -0.455 e. The maximum atomic E-state index is 12.4. The lowest BCUT2D eigenvalue weighted by molar-refractivity contribution is -0.122. The minimum atomic E-state index is -0.513. The van der Waals surface area contributed by atoms with Gasteiger partial charge in [0.25, 0.3) is 11.1 Å². The molecule has 2 amide bonds. The first-order chi connectivity index (χ1) is 13.6. The number of aryl methyl sites for hydroxylation is 1. The first-order valence-electron chi connectivity index (χ1n) is 9.26. The van der Waals surface area contributed by atoms with E-state index in [0.29, 0.717) is 29.7 Å². The van der Waals surface area contributed by atoms with Gasteiger partial charge >= 0.3 is 0 Å². The van der Waals surface area contributed by atoms with E-state index in [2.05, 4.69) is 15.6 Å². The number of amides is 2. The highest BCUT2D eigenvalue weighted by molar-refractivity contribution is 7.98. The van der Waals surface area contributed by atoms with Gasteiger partial charge in [0.15, 0.2) is 11.3 Å². The number of furan rings is 1. The molecule has 2 aromatic heterocycles. The van der Waals surface area contributed by atoms with E-state index in [1.807, 2.05) is 25.1 Å². The van der Waals surface area contributed by atoms with Crippen LogP contribution in [0.1, 0.15) is 41.1 Å². The van der Waals surface area contributed by atoms with Crippen LogP contribution in [0.2, 0.25) is 0 Å². The molecule has 1 aliphatic rings. The largest absolute Gasteiger partial charge is 0.455 e. The number of nitrogens with zero attached hydrogens (tertiary/aromatic N) is 1. The van der Waals surface area contributed by atoms with Gasteiger partial charge in [-0.1, -0.05) is 23.9 Å². The lowest BCUT2D eigenvalue weighted by Crippen LogP contribution is -2.45. The van der Waals surface area contributed by atoms with Crippen LogP contribution in [0.4, 0.5) is 0 Å². The van der Waals surface area contributed by atoms with E-state index in [1.165, 1.54) is 11.8 Å². The molecule has 7 nitrogen and oxygen atoms in total. The normalized spacial score (nSPS) is 17.3. The van der Waals surface area contributed by atoms with Crippen LogP contribution in [-0.4, -0.2) is 29.4 Å². The molecule has 3 aromatic rings. The van der Waals surface area contributed by atoms with Crippen molar-refractivity contribution in [3.8, 4) is 0 Å². The SMILES string of the molecule is Cc1cccc2oc(SCc3ccc(C(=O)NC4CCCCNC4=O)o3)nc12. The van der Waals surface area contributed by atoms with Gasteiger partial charge in [-0.15, -0.1) is 0 Å². The van der Waals surface area contributed by atoms with Crippen molar-refractivity contribution in [1.82, 2.24) is 15.6 Å². The van der Waals surface area contributed by atoms with Crippen molar-refractivity contribution in [3.05, 3.63) is 47.4 Å². The molecule has 1 fully saturated rings. The fourth-order valence-corrected chi connectivity index (χ4v) is 3.87. The number of aromatic nitrogens is 1. The average molecular weight is 399 g/mol. The number of benzene rings is 1. The van der Waals surface area contributed by atoms with Gasteiger partial charge < -0.3 is 19.5 Å². The van der Waals surface area contributed by atoms with Gasteiger partial charge in [0.05, 0.1) is 5.75 Å². The molecule has 4 rings (SSSR count). The highest BCUT2D eigenvalue weighted by Crippen LogP contribution is 2.28. The van der Waals surface area contributed by atoms with Gasteiger partial charge in [-0.25, -0.2) is 4.98 Å². The van der Waals surface area contributed by atoms with Gasteiger partial charge in [-0.2, -0.15) is 0 Å². The molecule has 0 spiro atoms. The predicted molar refractivity (Wildman–Crippen MR) is 105 cm³/mol. The molecule has 2 N–H and O–H groups in total. The van der Waals surface area contributed by atoms with Gasteiger partial charge in [-0.3, -0.25) is 9.59 Å². The Morgan fingerprint density at radius 3 is 3.04 bits per heavy atom. The zero-order valence-corrected chi connectivity index (χ0v) is 16.3. The van der Waals surface area contributed by atoms with Crippen molar-refractivity contribution >= 4 is 34.7 Å². The second kappa shape index (κ2) is 8.10. The van der Waals surface area contributed by atoms with Crippen LogP contribution < -0.4 is 10.6 Å². The number of fused-ring (bicyclic) bond motifs is 1. The molecule has 1 saturated heterocycles. The third-order valence-electron chi connectivity index (χ3n) is 4.67. The summed E-state index contributed by atoms with van der Waals surface area (Å²) in [7, 11) is 0. The number of rotatable bonds is 5. The van der Waals surface area contributed by atoms with Crippen LogP contribution in [0.15, 0.2) is 44.4 Å². The van der Waals surface area contributed by atoms with Crippen molar-refractivity contribution in [2.24, 2.45) is 0 Å². The van der Waals surface area contributed by atoms with Gasteiger partial charge in [0, 0.05) is 6.54 Å². The molecule has 0 aliphatic carbocycles. The molecule has 0 radical (unpaired) electrons. The molecule has 1 atom stereocenters. The Hall–Kier alpha value is -2.74. The number of para-hydroxylation sites is 1. The fraction of sp³-hybridized carbons (Fsp3) is 0.350. The van der Waals surface area contributed by atoms with Gasteiger partial charge in [-0.05, 0) is 49.9 Å². The summed E-state index contributed by atoms with van der Waals surface area (Å²) in [5.41, 5.74) is 2.67. The van der Waals surface area contributed by atoms with Crippen LogP contribution in [0.3, 0.4) is 0 Å². The Morgan fingerprint density at radius 1 is 1.29 bits per heavy atom. The number of carbonyl (C=O) groups is 2. The summed E-state index contributed by atoms with van der Waals surface area (Å²) >= 11 is 1.40. The molecule has 146 valence electrons. The van der Waals surface area contributed by atoms with Crippen molar-refractivity contribution in [1.29, 1.82) is 0 Å². The van der Waals surface area contributed by atoms with Crippen molar-refractivity contribution in [2.45, 2.75) is 43.2 Å². The van der Waals surface area contributed by atoms with Crippen LogP contribution in [0.25, 0.3) is 11.1 Å². The number of thioether (sulfide) groups is 1. The van der Waals surface area contributed by atoms with Gasteiger partial charge in [0.1, 0.15) is 17.3 Å². The number of carbonyl (C=O) groups excluding carboxylic acids is 2. The van der Waals surface area contributed by atoms with Crippen LogP contribution >= 0.6 is 11.8 Å². The van der Waals surface area contributed by atoms with E-state index in [4.69, 9.17) is 8.83 Å². The number of nitrogens with one attached hydrogen (secondary N) is 2. The lowest BCUT2D eigenvalue weighted by atomic mass is 10.1. The van der Waals surface area contributed by atoms with Crippen molar-refractivity contribution in [3.63, 3.8) is 0 Å². The molecule has 3 heterocycles. The number of hydrogen-bond donors (Lipinski definition) is 2. The second-order valence-electron chi connectivity index (χ2n) is 6.77. The predicted octanol–water partition coefficient (Wildman–Crippen LogP) is 3.42. The van der Waals surface area contributed by atoms with E-state index in [9.17, 15) is 9.59 Å². The zero-order chi connectivity index (χ0) is 19.5. The molecule has 1 aliphatic heterocycles. The highest BCUT2D eigenvalue weighted by Gasteiger charge is 2.24. The smallest absolute Gasteiger partial charge is 0.287 e. The monoisotopic (exact) mass is 399 g/mol. The molecule has 0 saturated carbocycles. The third-order valence-corrected chi connectivity index (χ3v) is 5.52. The quantitative estimate of drug-likeness (QED) is 0.638. The third kappa shape index (κ3) is 4.06. The Kier molecular flexibility index (Phi) is 5.38. The number of oxazole rings is 1. The molecule has 28 heavy (non-hydrogen) atoms. The average Bonchev–Trinajstić information content (AvgIpc) is 3.27. The molecule has 1 unspecified atom stereocenters. The summed E-state index contributed by atoms with van der Waals surface area (Å²) < 4.78 is 11.4. The lowest BCUT2D eigenvalue weighted by Gasteiger charge is -2.13. The van der Waals surface area contributed by atoms with E-state index >= 15 is 0 Å². The first-order valence-corrected chi connectivity index (χ1v) is 10.2. The Bertz CT molecular complexity index is 1010. The second-order valence-corrected chi connectivity index (χ2v) is 7.70. The minimum absolute atomic E-state index is 0.139. The van der Waals surface area contributed by atoms with E-state index < -0.39 is 6.04 Å². The standard InChI is InChI=1S/C20H21N3O4S/c1-12-5-4-7-15-17(12)23-20(27-15)28-11-13-8-9-16(26-13)19(25)22-14-6-2-3-10-21-18(14)24/h4-5,7-9,14H,2-3,6,10-11H2,1H3,(H,21,24)(H,22,25). The van der Waals surface area contributed by atoms with Crippen LogP contribution in [0.5, 0.6) is 0 Å². The van der Waals surface area contributed by atoms with E-state index in [1.54, 1.807) is 12.1 Å². The summed E-state index contributed by atoms with van der Waals surface area (Å²) in [6, 6.07) is 8.67. The zero-order valence-electron chi connectivity index (χ0n) is 15.5. The summed E-state index contributed by atoms with van der Waals surface area (Å²) in [5.74, 6) is 0.805. The fourth-order valence-electron chi connectivity index (χ4n) is 3.14. The first kappa shape index (κ1) is 18.6. The molecular formula is C20H21N3O4S. The summed E-state index contributed by atoms with van der Waals surface area (Å²) in [6.45, 7) is 2.65. The number of hydrogen-bond acceptors (Lipinski definition) is 6.